The smallest absolute Gasteiger partial charge is 0.161 e. The summed E-state index contributed by atoms with van der Waals surface area (Å²) >= 11 is 0. The predicted octanol–water partition coefficient (Wildman–Crippen LogP) is 4.34. The molecule has 2 nitrogen and oxygen atoms in total. The number of hydrogen-bond donors (Lipinski definition) is 2. The normalized spacial score (nSPS) is 39.0. The molecular weight excluding hydrogens is 248 g/mol. The van der Waals surface area contributed by atoms with Crippen molar-refractivity contribution >= 4 is 0 Å². The number of fused-ring (bicyclic) bond motifs is 5. The van der Waals surface area contributed by atoms with E-state index in [0.717, 1.165) is 23.8 Å². The van der Waals surface area contributed by atoms with Gasteiger partial charge in [0.25, 0.3) is 0 Å². The largest absolute Gasteiger partial charge is 0.504 e. The molecule has 0 radical (unpaired) electrons. The minimum Gasteiger partial charge on any atom is -0.504 e. The van der Waals surface area contributed by atoms with Gasteiger partial charge in [-0.3, -0.25) is 0 Å². The fourth-order valence-corrected chi connectivity index (χ4v) is 5.63. The fourth-order valence-electron chi connectivity index (χ4n) is 5.63. The number of aryl methyl sites for hydroxylation is 1. The summed E-state index contributed by atoms with van der Waals surface area (Å²) in [7, 11) is 0. The Kier molecular flexibility index (Phi) is 2.61. The van der Waals surface area contributed by atoms with Gasteiger partial charge in [0.2, 0.25) is 0 Å². The van der Waals surface area contributed by atoms with Crippen molar-refractivity contribution in [3.63, 3.8) is 0 Å². The van der Waals surface area contributed by atoms with Crippen molar-refractivity contribution in [2.24, 2.45) is 17.3 Å². The first-order chi connectivity index (χ1) is 9.60. The monoisotopic (exact) mass is 272 g/mol. The minimum atomic E-state index is 0.0594. The highest BCUT2D eigenvalue weighted by molar-refractivity contribution is 5.52. The van der Waals surface area contributed by atoms with Crippen LogP contribution < -0.4 is 0 Å². The number of benzene rings is 1. The van der Waals surface area contributed by atoms with Gasteiger partial charge in [0, 0.05) is 5.56 Å². The molecule has 0 heterocycles. The van der Waals surface area contributed by atoms with Crippen LogP contribution in [0.15, 0.2) is 12.1 Å². The first-order valence-electron chi connectivity index (χ1n) is 8.14. The molecule has 0 bridgehead atoms. The molecule has 0 aliphatic heterocycles. The van der Waals surface area contributed by atoms with E-state index in [-0.39, 0.29) is 11.5 Å². The van der Waals surface area contributed by atoms with E-state index in [1.54, 1.807) is 6.07 Å². The van der Waals surface area contributed by atoms with E-state index >= 15 is 0 Å². The van der Waals surface area contributed by atoms with Crippen molar-refractivity contribution in [1.29, 1.82) is 0 Å². The van der Waals surface area contributed by atoms with Crippen molar-refractivity contribution in [2.75, 3.05) is 0 Å². The summed E-state index contributed by atoms with van der Waals surface area (Å²) in [5.41, 5.74) is 2.89. The summed E-state index contributed by atoms with van der Waals surface area (Å²) < 4.78 is 0. The number of phenolic OH excluding ortho intramolecular Hbond substituents is 2. The summed E-state index contributed by atoms with van der Waals surface area (Å²) in [6, 6.07) is 3.67. The number of phenols is 2. The molecule has 2 fully saturated rings. The maximum atomic E-state index is 10.3. The van der Waals surface area contributed by atoms with E-state index in [0.29, 0.717) is 11.3 Å². The van der Waals surface area contributed by atoms with Crippen LogP contribution in [-0.2, 0) is 6.42 Å². The van der Waals surface area contributed by atoms with Crippen LogP contribution in [-0.4, -0.2) is 10.2 Å². The Hall–Kier alpha value is -1.18. The molecule has 108 valence electrons. The van der Waals surface area contributed by atoms with E-state index < -0.39 is 0 Å². The summed E-state index contributed by atoms with van der Waals surface area (Å²) in [5.74, 6) is 2.25. The predicted molar refractivity (Wildman–Crippen MR) is 79.0 cm³/mol. The average molecular weight is 272 g/mol. The molecule has 1 aromatic carbocycles. The van der Waals surface area contributed by atoms with Crippen LogP contribution in [0.4, 0.5) is 0 Å². The highest BCUT2D eigenvalue weighted by Gasteiger charge is 2.50. The van der Waals surface area contributed by atoms with Gasteiger partial charge in [0.1, 0.15) is 0 Å². The van der Waals surface area contributed by atoms with E-state index in [1.807, 2.05) is 6.07 Å². The molecule has 3 aliphatic rings. The van der Waals surface area contributed by atoms with Crippen LogP contribution in [0, 0.1) is 17.3 Å². The van der Waals surface area contributed by atoms with Gasteiger partial charge in [-0.1, -0.05) is 19.4 Å². The maximum absolute atomic E-state index is 10.3. The minimum absolute atomic E-state index is 0.0594. The maximum Gasteiger partial charge on any atom is 0.161 e. The molecular formula is C18H24O2. The Morgan fingerprint density at radius 3 is 2.80 bits per heavy atom. The highest BCUT2D eigenvalue weighted by atomic mass is 16.3. The third kappa shape index (κ3) is 1.57. The molecule has 2 N–H and O–H groups in total. The van der Waals surface area contributed by atoms with E-state index in [1.165, 1.54) is 44.1 Å². The van der Waals surface area contributed by atoms with Gasteiger partial charge in [-0.05, 0) is 73.3 Å². The molecule has 4 atom stereocenters. The highest BCUT2D eigenvalue weighted by Crippen LogP contribution is 2.62. The summed E-state index contributed by atoms with van der Waals surface area (Å²) in [4.78, 5) is 0. The van der Waals surface area contributed by atoms with Gasteiger partial charge in [-0.15, -0.1) is 0 Å². The van der Waals surface area contributed by atoms with Crippen LogP contribution in [0.25, 0.3) is 0 Å². The quantitative estimate of drug-likeness (QED) is 0.690. The SMILES string of the molecule is C[C@@]12CCC[C@H]1[C@@H]1CCc3ccc(O)c(O)c3[C@H]1CC2. The molecule has 3 aliphatic carbocycles. The molecule has 0 spiro atoms. The Morgan fingerprint density at radius 1 is 1.10 bits per heavy atom. The lowest BCUT2D eigenvalue weighted by Gasteiger charge is -2.49. The molecule has 2 heteroatoms. The number of hydrogen-bond acceptors (Lipinski definition) is 2. The van der Waals surface area contributed by atoms with Crippen LogP contribution in [0.5, 0.6) is 11.5 Å². The Balaban J connectivity index is 1.78. The first-order valence-corrected chi connectivity index (χ1v) is 8.14. The van der Waals surface area contributed by atoms with Crippen LogP contribution >= 0.6 is 0 Å². The summed E-state index contributed by atoms with van der Waals surface area (Å²) in [6.07, 6.45) is 8.93. The molecule has 2 saturated carbocycles. The Labute approximate surface area is 120 Å². The molecule has 0 amide bonds. The van der Waals surface area contributed by atoms with Crippen LogP contribution in [0.3, 0.4) is 0 Å². The second-order valence-electron chi connectivity index (χ2n) is 7.51. The standard InChI is InChI=1S/C18H24O2/c1-18-9-2-3-14(18)12-6-4-11-5-7-15(19)17(20)16(11)13(12)8-10-18/h5,7,12-14,19-20H,2-4,6,8-10H2,1H3/t12-,13+,14+,18+/m1/s1. The van der Waals surface area contributed by atoms with Crippen molar-refractivity contribution < 1.29 is 10.2 Å². The van der Waals surface area contributed by atoms with Crippen LogP contribution in [0.2, 0.25) is 0 Å². The molecule has 1 aromatic rings. The van der Waals surface area contributed by atoms with Gasteiger partial charge in [0.05, 0.1) is 0 Å². The summed E-state index contributed by atoms with van der Waals surface area (Å²) in [5, 5.41) is 20.2. The second kappa shape index (κ2) is 4.16. The zero-order valence-corrected chi connectivity index (χ0v) is 12.2. The molecule has 0 aromatic heterocycles. The van der Waals surface area contributed by atoms with Gasteiger partial charge >= 0.3 is 0 Å². The Bertz CT molecular complexity index is 551. The van der Waals surface area contributed by atoms with Crippen molar-refractivity contribution in [2.45, 2.75) is 57.8 Å². The molecule has 4 rings (SSSR count). The number of aromatic hydroxyl groups is 2. The lowest BCUT2D eigenvalue weighted by Crippen LogP contribution is -2.39. The first kappa shape index (κ1) is 12.6. The van der Waals surface area contributed by atoms with Crippen molar-refractivity contribution in [3.8, 4) is 11.5 Å². The van der Waals surface area contributed by atoms with Gasteiger partial charge in [-0.2, -0.15) is 0 Å². The molecule has 0 saturated heterocycles. The number of rotatable bonds is 0. The zero-order valence-electron chi connectivity index (χ0n) is 12.2. The van der Waals surface area contributed by atoms with Crippen molar-refractivity contribution in [1.82, 2.24) is 0 Å². The van der Waals surface area contributed by atoms with E-state index in [9.17, 15) is 10.2 Å². The van der Waals surface area contributed by atoms with Gasteiger partial charge in [-0.25, -0.2) is 0 Å². The van der Waals surface area contributed by atoms with Gasteiger partial charge in [0.15, 0.2) is 11.5 Å². The van der Waals surface area contributed by atoms with Crippen LogP contribution in [0.1, 0.15) is 62.5 Å². The van der Waals surface area contributed by atoms with Crippen molar-refractivity contribution in [3.05, 3.63) is 23.3 Å². The van der Waals surface area contributed by atoms with E-state index in [2.05, 4.69) is 6.92 Å². The topological polar surface area (TPSA) is 40.5 Å². The Morgan fingerprint density at radius 2 is 1.95 bits per heavy atom. The summed E-state index contributed by atoms with van der Waals surface area (Å²) in [6.45, 7) is 2.48. The zero-order chi connectivity index (χ0) is 13.9. The average Bonchev–Trinajstić information content (AvgIpc) is 2.84. The molecule has 20 heavy (non-hydrogen) atoms. The second-order valence-corrected chi connectivity index (χ2v) is 7.51. The van der Waals surface area contributed by atoms with Gasteiger partial charge < -0.3 is 10.2 Å². The fraction of sp³-hybridized carbons (Fsp3) is 0.667. The molecule has 0 unspecified atom stereocenters. The third-order valence-corrected chi connectivity index (χ3v) is 6.62. The lowest BCUT2D eigenvalue weighted by atomic mass is 9.56. The third-order valence-electron chi connectivity index (χ3n) is 6.62. The lowest BCUT2D eigenvalue weighted by molar-refractivity contribution is 0.0588. The van der Waals surface area contributed by atoms with E-state index in [4.69, 9.17) is 0 Å².